The Morgan fingerprint density at radius 2 is 0.818 bits per heavy atom. The second kappa shape index (κ2) is 9.31. The van der Waals surface area contributed by atoms with Gasteiger partial charge in [-0.2, -0.15) is 9.13 Å². The van der Waals surface area contributed by atoms with E-state index in [4.69, 9.17) is 0 Å². The third-order valence-corrected chi connectivity index (χ3v) is 6.01. The topological polar surface area (TPSA) is 7.76 Å². The van der Waals surface area contributed by atoms with Crippen LogP contribution in [0.25, 0.3) is 22.5 Å². The van der Waals surface area contributed by atoms with Crippen molar-refractivity contribution in [3.8, 4) is 22.5 Å². The SMILES string of the molecule is C.CC(C)(C)c1cccc(-[n+]2ccc(-c3cc[n+](-c4cccc(C(C)(C)C)c4)cc3)cc2)c1. The minimum absolute atomic E-state index is 0. The molecule has 0 saturated carbocycles. The Labute approximate surface area is 200 Å². The fourth-order valence-electron chi connectivity index (χ4n) is 3.85. The minimum Gasteiger partial charge on any atom is -0.167 e. The zero-order chi connectivity index (χ0) is 22.9. The van der Waals surface area contributed by atoms with Gasteiger partial charge in [0, 0.05) is 48.5 Å². The standard InChI is InChI=1S/C30H34N2.CH4/c1-29(2,3)25-9-7-11-27(21-25)31-17-13-23(14-18-31)24-15-19-32(20-16-24)28-12-8-10-26(22-28)30(4,5)6;/h7-22H,1-6H3;1H4/q+2;. The summed E-state index contributed by atoms with van der Waals surface area (Å²) >= 11 is 0. The van der Waals surface area contributed by atoms with Crippen molar-refractivity contribution in [3.63, 3.8) is 0 Å². The molecule has 4 aromatic rings. The van der Waals surface area contributed by atoms with Gasteiger partial charge in [0.05, 0.1) is 0 Å². The molecule has 2 aromatic heterocycles. The summed E-state index contributed by atoms with van der Waals surface area (Å²) in [6, 6.07) is 26.3. The van der Waals surface area contributed by atoms with Gasteiger partial charge in [-0.25, -0.2) is 0 Å². The van der Waals surface area contributed by atoms with E-state index >= 15 is 0 Å². The molecular formula is C31H38N2+2. The molecule has 0 saturated heterocycles. The van der Waals surface area contributed by atoms with E-state index in [1.54, 1.807) is 0 Å². The lowest BCUT2D eigenvalue weighted by Crippen LogP contribution is -2.30. The van der Waals surface area contributed by atoms with Gasteiger partial charge in [-0.3, -0.25) is 0 Å². The van der Waals surface area contributed by atoms with Crippen LogP contribution in [-0.4, -0.2) is 0 Å². The Hall–Kier alpha value is -3.26. The van der Waals surface area contributed by atoms with Crippen molar-refractivity contribution in [2.75, 3.05) is 0 Å². The van der Waals surface area contributed by atoms with Crippen LogP contribution in [0.3, 0.4) is 0 Å². The Balaban J connectivity index is 0.00000306. The van der Waals surface area contributed by atoms with Crippen LogP contribution in [-0.2, 0) is 10.8 Å². The van der Waals surface area contributed by atoms with Crippen LogP contribution < -0.4 is 9.13 Å². The van der Waals surface area contributed by atoms with Crippen molar-refractivity contribution >= 4 is 0 Å². The number of benzene rings is 2. The van der Waals surface area contributed by atoms with Crippen LogP contribution >= 0.6 is 0 Å². The molecule has 0 fully saturated rings. The lowest BCUT2D eigenvalue weighted by Gasteiger charge is -2.18. The van der Waals surface area contributed by atoms with E-state index in [0.717, 1.165) is 0 Å². The summed E-state index contributed by atoms with van der Waals surface area (Å²) in [4.78, 5) is 0. The molecule has 2 nitrogen and oxygen atoms in total. The van der Waals surface area contributed by atoms with E-state index in [9.17, 15) is 0 Å². The fraction of sp³-hybridized carbons (Fsp3) is 0.290. The van der Waals surface area contributed by atoms with Crippen molar-refractivity contribution in [2.24, 2.45) is 0 Å². The maximum absolute atomic E-state index is 2.27. The Morgan fingerprint density at radius 3 is 1.12 bits per heavy atom. The smallest absolute Gasteiger partial charge is 0.167 e. The molecule has 0 N–H and O–H groups in total. The van der Waals surface area contributed by atoms with E-state index < -0.39 is 0 Å². The molecule has 2 aromatic carbocycles. The third-order valence-electron chi connectivity index (χ3n) is 6.01. The normalized spacial score (nSPS) is 11.7. The maximum atomic E-state index is 2.27. The highest BCUT2D eigenvalue weighted by Crippen LogP contribution is 2.24. The highest BCUT2D eigenvalue weighted by molar-refractivity contribution is 5.61. The summed E-state index contributed by atoms with van der Waals surface area (Å²) in [5.41, 5.74) is 7.77. The van der Waals surface area contributed by atoms with E-state index in [1.807, 2.05) is 0 Å². The largest absolute Gasteiger partial charge is 0.210 e. The molecule has 0 aliphatic heterocycles. The summed E-state index contributed by atoms with van der Waals surface area (Å²) in [6.07, 6.45) is 8.58. The summed E-state index contributed by atoms with van der Waals surface area (Å²) in [7, 11) is 0. The van der Waals surface area contributed by atoms with Crippen molar-refractivity contribution in [2.45, 2.75) is 59.8 Å². The lowest BCUT2D eigenvalue weighted by molar-refractivity contribution is -0.596. The maximum Gasteiger partial charge on any atom is 0.210 e. The molecule has 0 atom stereocenters. The highest BCUT2D eigenvalue weighted by Gasteiger charge is 2.18. The summed E-state index contributed by atoms with van der Waals surface area (Å²) in [6.45, 7) is 13.5. The zero-order valence-corrected chi connectivity index (χ0v) is 20.1. The van der Waals surface area contributed by atoms with Crippen molar-refractivity contribution in [1.29, 1.82) is 0 Å². The molecule has 4 rings (SSSR count). The number of pyridine rings is 2. The minimum atomic E-state index is 0. The van der Waals surface area contributed by atoms with Crippen molar-refractivity contribution in [3.05, 3.63) is 109 Å². The van der Waals surface area contributed by atoms with Gasteiger partial charge < -0.3 is 0 Å². The molecule has 0 bridgehead atoms. The lowest BCUT2D eigenvalue weighted by atomic mass is 9.87. The van der Waals surface area contributed by atoms with Crippen LogP contribution in [0.5, 0.6) is 0 Å². The highest BCUT2D eigenvalue weighted by atomic mass is 14.9. The van der Waals surface area contributed by atoms with E-state index in [2.05, 4.69) is 148 Å². The summed E-state index contributed by atoms with van der Waals surface area (Å²) in [5, 5.41) is 0. The van der Waals surface area contributed by atoms with Crippen LogP contribution in [0.15, 0.2) is 97.6 Å². The molecule has 0 unspecified atom stereocenters. The van der Waals surface area contributed by atoms with Crippen LogP contribution in [0.4, 0.5) is 0 Å². The average Bonchev–Trinajstić information content (AvgIpc) is 2.78. The summed E-state index contributed by atoms with van der Waals surface area (Å²) in [5.74, 6) is 0. The predicted molar refractivity (Wildman–Crippen MR) is 139 cm³/mol. The Kier molecular flexibility index (Phi) is 6.88. The van der Waals surface area contributed by atoms with Crippen molar-refractivity contribution in [1.82, 2.24) is 0 Å². The van der Waals surface area contributed by atoms with Gasteiger partial charge in [0.25, 0.3) is 0 Å². The Morgan fingerprint density at radius 1 is 0.485 bits per heavy atom. The van der Waals surface area contributed by atoms with Crippen molar-refractivity contribution < 1.29 is 9.13 Å². The average molecular weight is 439 g/mol. The van der Waals surface area contributed by atoms with E-state index in [0.29, 0.717) is 0 Å². The number of rotatable bonds is 3. The molecule has 0 aliphatic rings. The second-order valence-corrected chi connectivity index (χ2v) is 10.6. The first kappa shape index (κ1) is 24.4. The van der Waals surface area contributed by atoms with Gasteiger partial charge in [0.2, 0.25) is 11.4 Å². The van der Waals surface area contributed by atoms with Gasteiger partial charge >= 0.3 is 0 Å². The second-order valence-electron chi connectivity index (χ2n) is 10.6. The molecule has 33 heavy (non-hydrogen) atoms. The quantitative estimate of drug-likeness (QED) is 0.300. The fourth-order valence-corrected chi connectivity index (χ4v) is 3.85. The number of hydrogen-bond donors (Lipinski definition) is 0. The van der Waals surface area contributed by atoms with Gasteiger partial charge in [-0.1, -0.05) is 73.2 Å². The van der Waals surface area contributed by atoms with Gasteiger partial charge in [-0.05, 0) is 33.1 Å². The first-order valence-electron chi connectivity index (χ1n) is 11.4. The monoisotopic (exact) mass is 438 g/mol. The molecular weight excluding hydrogens is 400 g/mol. The van der Waals surface area contributed by atoms with Crippen LogP contribution in [0.2, 0.25) is 0 Å². The number of nitrogens with zero attached hydrogens (tertiary/aromatic N) is 2. The molecule has 170 valence electrons. The van der Waals surface area contributed by atoms with Crippen LogP contribution in [0, 0.1) is 0 Å². The molecule has 0 radical (unpaired) electrons. The molecule has 2 heterocycles. The zero-order valence-electron chi connectivity index (χ0n) is 20.1. The number of hydrogen-bond acceptors (Lipinski definition) is 0. The first-order valence-corrected chi connectivity index (χ1v) is 11.4. The molecule has 0 aliphatic carbocycles. The third kappa shape index (κ3) is 5.57. The Bertz CT molecular complexity index is 1110. The van der Waals surface area contributed by atoms with Gasteiger partial charge in [0.15, 0.2) is 24.8 Å². The molecule has 2 heteroatoms. The molecule has 0 amide bonds. The predicted octanol–water partition coefficient (Wildman–Crippen LogP) is 7.14. The van der Waals surface area contributed by atoms with Gasteiger partial charge in [-0.15, -0.1) is 0 Å². The van der Waals surface area contributed by atoms with E-state index in [-0.39, 0.29) is 18.3 Å². The number of aromatic nitrogens is 2. The first-order chi connectivity index (χ1) is 15.1. The van der Waals surface area contributed by atoms with E-state index in [1.165, 1.54) is 33.6 Å². The molecule has 0 spiro atoms. The van der Waals surface area contributed by atoms with Gasteiger partial charge in [0.1, 0.15) is 0 Å². The summed E-state index contributed by atoms with van der Waals surface area (Å²) < 4.78 is 4.36. The van der Waals surface area contributed by atoms with Crippen LogP contribution in [0.1, 0.15) is 60.1 Å².